The molecule has 19 heavy (non-hydrogen) atoms. The van der Waals surface area contributed by atoms with Crippen molar-refractivity contribution in [2.75, 3.05) is 12.3 Å². The second-order valence-electron chi connectivity index (χ2n) is 4.84. The Labute approximate surface area is 111 Å². The van der Waals surface area contributed by atoms with Gasteiger partial charge in [0.15, 0.2) is 0 Å². The summed E-state index contributed by atoms with van der Waals surface area (Å²) < 4.78 is 0. The molecular formula is C13H17N3O3. The van der Waals surface area contributed by atoms with Crippen molar-refractivity contribution in [2.45, 2.75) is 25.5 Å². The molecule has 5 N–H and O–H groups in total. The molecule has 1 aliphatic rings. The number of anilines is 1. The second kappa shape index (κ2) is 4.89. The number of carbonyl (C=O) groups excluding carboxylic acids is 2. The number of aliphatic hydroxyl groups excluding tert-OH is 1. The molecule has 0 radical (unpaired) electrons. The summed E-state index contributed by atoms with van der Waals surface area (Å²) >= 11 is 0. The minimum absolute atomic E-state index is 0.121. The molecule has 2 rings (SSSR count). The number of amides is 2. The van der Waals surface area contributed by atoms with Gasteiger partial charge in [-0.15, -0.1) is 0 Å². The van der Waals surface area contributed by atoms with Gasteiger partial charge in [0.25, 0.3) is 5.91 Å². The van der Waals surface area contributed by atoms with Crippen molar-refractivity contribution in [2.24, 2.45) is 5.73 Å². The van der Waals surface area contributed by atoms with Gasteiger partial charge in [-0.2, -0.15) is 0 Å². The maximum absolute atomic E-state index is 12.3. The van der Waals surface area contributed by atoms with E-state index in [1.54, 1.807) is 25.1 Å². The van der Waals surface area contributed by atoms with E-state index in [9.17, 15) is 14.7 Å². The fourth-order valence-electron chi connectivity index (χ4n) is 2.28. The van der Waals surface area contributed by atoms with Crippen molar-refractivity contribution >= 4 is 17.5 Å². The Morgan fingerprint density at radius 3 is 2.68 bits per heavy atom. The number of likely N-dealkylation sites (tertiary alicyclic amines) is 1. The molecule has 0 saturated carbocycles. The zero-order valence-corrected chi connectivity index (χ0v) is 10.7. The molecule has 1 aromatic carbocycles. The van der Waals surface area contributed by atoms with Crippen LogP contribution in [0.25, 0.3) is 0 Å². The lowest BCUT2D eigenvalue weighted by molar-refractivity contribution is -0.121. The van der Waals surface area contributed by atoms with E-state index in [0.717, 1.165) is 5.56 Å². The first-order chi connectivity index (χ1) is 8.90. The van der Waals surface area contributed by atoms with Crippen LogP contribution in [-0.2, 0) is 4.79 Å². The van der Waals surface area contributed by atoms with Gasteiger partial charge in [0, 0.05) is 24.2 Å². The Morgan fingerprint density at radius 2 is 2.11 bits per heavy atom. The number of β-amino-alcohol motifs (C(OH)–C–C–N with tert-alkyl or cyclic N) is 1. The van der Waals surface area contributed by atoms with Crippen LogP contribution < -0.4 is 11.5 Å². The fourth-order valence-corrected chi connectivity index (χ4v) is 2.28. The quantitative estimate of drug-likeness (QED) is 0.633. The van der Waals surface area contributed by atoms with Crippen LogP contribution in [0.1, 0.15) is 22.3 Å². The van der Waals surface area contributed by atoms with Gasteiger partial charge in [-0.1, -0.05) is 0 Å². The maximum atomic E-state index is 12.3. The lowest BCUT2D eigenvalue weighted by Gasteiger charge is -2.22. The molecule has 6 heteroatoms. The highest BCUT2D eigenvalue weighted by Crippen LogP contribution is 2.22. The molecule has 1 aromatic rings. The molecule has 1 saturated heterocycles. The van der Waals surface area contributed by atoms with E-state index in [2.05, 4.69) is 0 Å². The molecular weight excluding hydrogens is 246 g/mol. The Kier molecular flexibility index (Phi) is 3.44. The average molecular weight is 263 g/mol. The third-order valence-corrected chi connectivity index (χ3v) is 3.39. The summed E-state index contributed by atoms with van der Waals surface area (Å²) in [5.74, 6) is -0.916. The van der Waals surface area contributed by atoms with E-state index in [1.165, 1.54) is 4.90 Å². The average Bonchev–Trinajstić information content (AvgIpc) is 2.74. The summed E-state index contributed by atoms with van der Waals surface area (Å²) in [6.45, 7) is 1.92. The number of rotatable bonds is 2. The molecule has 0 bridgehead atoms. The number of nitrogens with zero attached hydrogens (tertiary/aromatic N) is 1. The lowest BCUT2D eigenvalue weighted by atomic mass is 10.1. The SMILES string of the molecule is Cc1cc(C(=O)N2CC(O)CC2C(N)=O)ccc1N. The van der Waals surface area contributed by atoms with Crippen LogP contribution in [0.2, 0.25) is 0 Å². The van der Waals surface area contributed by atoms with Gasteiger partial charge in [-0.3, -0.25) is 9.59 Å². The zero-order valence-electron chi connectivity index (χ0n) is 10.7. The predicted molar refractivity (Wildman–Crippen MR) is 70.2 cm³/mol. The maximum Gasteiger partial charge on any atom is 0.254 e. The van der Waals surface area contributed by atoms with E-state index in [1.807, 2.05) is 0 Å². The first-order valence-corrected chi connectivity index (χ1v) is 6.04. The number of primary amides is 1. The smallest absolute Gasteiger partial charge is 0.254 e. The number of nitrogen functional groups attached to an aromatic ring is 1. The summed E-state index contributed by atoms with van der Waals surface area (Å²) in [5.41, 5.74) is 12.8. The Bertz CT molecular complexity index is 530. The van der Waals surface area contributed by atoms with Gasteiger partial charge in [-0.05, 0) is 30.7 Å². The van der Waals surface area contributed by atoms with Gasteiger partial charge in [0.2, 0.25) is 5.91 Å². The molecule has 1 heterocycles. The normalized spacial score (nSPS) is 22.5. The van der Waals surface area contributed by atoms with Crippen LogP contribution in [0.5, 0.6) is 0 Å². The van der Waals surface area contributed by atoms with E-state index < -0.39 is 18.1 Å². The summed E-state index contributed by atoms with van der Waals surface area (Å²) in [4.78, 5) is 25.0. The minimum atomic E-state index is -0.750. The van der Waals surface area contributed by atoms with Crippen molar-refractivity contribution in [3.63, 3.8) is 0 Å². The highest BCUT2D eigenvalue weighted by Gasteiger charge is 2.38. The van der Waals surface area contributed by atoms with E-state index in [-0.39, 0.29) is 18.9 Å². The molecule has 1 fully saturated rings. The van der Waals surface area contributed by atoms with Crippen molar-refractivity contribution in [3.8, 4) is 0 Å². The van der Waals surface area contributed by atoms with Crippen LogP contribution >= 0.6 is 0 Å². The molecule has 2 amide bonds. The summed E-state index contributed by atoms with van der Waals surface area (Å²) in [5, 5.41) is 9.59. The van der Waals surface area contributed by atoms with Crippen LogP contribution in [0.15, 0.2) is 18.2 Å². The van der Waals surface area contributed by atoms with Gasteiger partial charge < -0.3 is 21.5 Å². The molecule has 0 aromatic heterocycles. The summed E-state index contributed by atoms with van der Waals surface area (Å²) in [7, 11) is 0. The summed E-state index contributed by atoms with van der Waals surface area (Å²) in [6.07, 6.45) is -0.522. The monoisotopic (exact) mass is 263 g/mol. The molecule has 0 spiro atoms. The largest absolute Gasteiger partial charge is 0.399 e. The van der Waals surface area contributed by atoms with Gasteiger partial charge in [-0.25, -0.2) is 0 Å². The predicted octanol–water partition coefficient (Wildman–Crippen LogP) is -0.362. The third-order valence-electron chi connectivity index (χ3n) is 3.39. The fraction of sp³-hybridized carbons (Fsp3) is 0.385. The highest BCUT2D eigenvalue weighted by molar-refractivity contribution is 5.98. The number of carbonyl (C=O) groups is 2. The zero-order chi connectivity index (χ0) is 14.2. The van der Waals surface area contributed by atoms with Crippen LogP contribution in [0.4, 0.5) is 5.69 Å². The van der Waals surface area contributed by atoms with Crippen LogP contribution in [0, 0.1) is 6.92 Å². The van der Waals surface area contributed by atoms with Crippen LogP contribution in [-0.4, -0.2) is 40.5 Å². The molecule has 2 atom stereocenters. The Morgan fingerprint density at radius 1 is 1.42 bits per heavy atom. The lowest BCUT2D eigenvalue weighted by Crippen LogP contribution is -2.43. The minimum Gasteiger partial charge on any atom is -0.399 e. The first kappa shape index (κ1) is 13.4. The molecule has 6 nitrogen and oxygen atoms in total. The first-order valence-electron chi connectivity index (χ1n) is 6.04. The molecule has 1 aliphatic heterocycles. The number of hydrogen-bond acceptors (Lipinski definition) is 4. The Hall–Kier alpha value is -2.08. The van der Waals surface area contributed by atoms with Crippen LogP contribution in [0.3, 0.4) is 0 Å². The van der Waals surface area contributed by atoms with Gasteiger partial charge >= 0.3 is 0 Å². The molecule has 102 valence electrons. The number of aryl methyl sites for hydroxylation is 1. The highest BCUT2D eigenvalue weighted by atomic mass is 16.3. The van der Waals surface area contributed by atoms with Gasteiger partial charge in [0.1, 0.15) is 6.04 Å². The Balaban J connectivity index is 2.27. The van der Waals surface area contributed by atoms with E-state index >= 15 is 0 Å². The summed E-state index contributed by atoms with van der Waals surface area (Å²) in [6, 6.07) is 4.17. The standard InChI is InChI=1S/C13H17N3O3/c1-7-4-8(2-3-10(7)14)13(19)16-6-9(17)5-11(16)12(15)18/h2-4,9,11,17H,5-6,14H2,1H3,(H2,15,18). The molecule has 2 unspecified atom stereocenters. The number of hydrogen-bond donors (Lipinski definition) is 3. The number of aliphatic hydroxyl groups is 1. The number of nitrogens with two attached hydrogens (primary N) is 2. The van der Waals surface area contributed by atoms with E-state index in [0.29, 0.717) is 11.3 Å². The third kappa shape index (κ3) is 2.53. The van der Waals surface area contributed by atoms with E-state index in [4.69, 9.17) is 11.5 Å². The topological polar surface area (TPSA) is 110 Å². The number of benzene rings is 1. The molecule has 0 aliphatic carbocycles. The van der Waals surface area contributed by atoms with Gasteiger partial charge in [0.05, 0.1) is 6.10 Å². The van der Waals surface area contributed by atoms with Crippen molar-refractivity contribution in [3.05, 3.63) is 29.3 Å². The van der Waals surface area contributed by atoms with Crippen molar-refractivity contribution in [1.82, 2.24) is 4.90 Å². The second-order valence-corrected chi connectivity index (χ2v) is 4.84. The van der Waals surface area contributed by atoms with Crippen molar-refractivity contribution < 1.29 is 14.7 Å². The van der Waals surface area contributed by atoms with Crippen molar-refractivity contribution in [1.29, 1.82) is 0 Å².